The highest BCUT2D eigenvalue weighted by Gasteiger charge is 2.30. The van der Waals surface area contributed by atoms with Gasteiger partial charge in [0.05, 0.1) is 18.4 Å². The fraction of sp³-hybridized carbons (Fsp3) is 0.174. The molecule has 0 radical (unpaired) electrons. The number of carbonyl (C=O) groups excluding carboxylic acids is 1. The van der Waals surface area contributed by atoms with Crippen molar-refractivity contribution in [2.45, 2.75) is 19.6 Å². The summed E-state index contributed by atoms with van der Waals surface area (Å²) in [4.78, 5) is 19.5. The summed E-state index contributed by atoms with van der Waals surface area (Å²) < 4.78 is 19.1. The Balaban J connectivity index is 1.42. The molecule has 162 valence electrons. The van der Waals surface area contributed by atoms with E-state index in [1.165, 1.54) is 6.33 Å². The van der Waals surface area contributed by atoms with Crippen LogP contribution in [0.1, 0.15) is 24.3 Å². The van der Waals surface area contributed by atoms with Crippen molar-refractivity contribution < 1.29 is 19.0 Å². The molecule has 3 heterocycles. The average molecular weight is 431 g/mol. The third-order valence-electron chi connectivity index (χ3n) is 5.32. The van der Waals surface area contributed by atoms with Gasteiger partial charge < -0.3 is 30.2 Å². The Bertz CT molecular complexity index is 1300. The first-order valence-electron chi connectivity index (χ1n) is 10.1. The number of nitrogen functional groups attached to an aromatic ring is 1. The Morgan fingerprint density at radius 1 is 1.09 bits per heavy atom. The van der Waals surface area contributed by atoms with Crippen LogP contribution in [0.2, 0.25) is 0 Å². The van der Waals surface area contributed by atoms with Crippen molar-refractivity contribution in [1.29, 1.82) is 0 Å². The summed E-state index contributed by atoms with van der Waals surface area (Å²) in [6.45, 7) is 2.32. The van der Waals surface area contributed by atoms with Crippen LogP contribution in [0.4, 0.5) is 5.82 Å². The second kappa shape index (κ2) is 7.86. The van der Waals surface area contributed by atoms with E-state index in [2.05, 4.69) is 14.5 Å². The van der Waals surface area contributed by atoms with E-state index in [1.807, 2.05) is 31.2 Å². The summed E-state index contributed by atoms with van der Waals surface area (Å²) in [6, 6.07) is 14.6. The molecule has 0 fully saturated rings. The number of nitrogens with two attached hydrogens (primary N) is 2. The molecular formula is C23H21N5O4. The SMILES string of the molecule is CC1OCc2c1c1ncnc(N)c1n2-c1ccc(Oc2ccc(OCC(N)=O)cc2)cc1. The average Bonchev–Trinajstić information content (AvgIpc) is 3.33. The van der Waals surface area contributed by atoms with Crippen LogP contribution in [0.5, 0.6) is 17.2 Å². The molecule has 0 saturated heterocycles. The first-order chi connectivity index (χ1) is 15.5. The number of rotatable bonds is 6. The number of aromatic nitrogens is 3. The van der Waals surface area contributed by atoms with E-state index in [0.29, 0.717) is 29.7 Å². The minimum Gasteiger partial charge on any atom is -0.484 e. The lowest BCUT2D eigenvalue weighted by Crippen LogP contribution is -2.19. The van der Waals surface area contributed by atoms with Crippen molar-refractivity contribution in [2.24, 2.45) is 5.73 Å². The summed E-state index contributed by atoms with van der Waals surface area (Å²) >= 11 is 0. The maximum Gasteiger partial charge on any atom is 0.255 e. The fourth-order valence-electron chi connectivity index (χ4n) is 3.90. The van der Waals surface area contributed by atoms with E-state index in [9.17, 15) is 4.79 Å². The van der Waals surface area contributed by atoms with Gasteiger partial charge in [0.15, 0.2) is 12.4 Å². The van der Waals surface area contributed by atoms with E-state index in [0.717, 1.165) is 28.0 Å². The van der Waals surface area contributed by atoms with Crippen LogP contribution in [0.3, 0.4) is 0 Å². The van der Waals surface area contributed by atoms with Crippen molar-refractivity contribution in [3.63, 3.8) is 0 Å². The molecule has 0 aliphatic carbocycles. The second-order valence-corrected chi connectivity index (χ2v) is 7.43. The van der Waals surface area contributed by atoms with E-state index in [-0.39, 0.29) is 12.7 Å². The fourth-order valence-corrected chi connectivity index (χ4v) is 3.90. The quantitative estimate of drug-likeness (QED) is 0.480. The van der Waals surface area contributed by atoms with Crippen LogP contribution in [0.15, 0.2) is 54.9 Å². The molecule has 32 heavy (non-hydrogen) atoms. The van der Waals surface area contributed by atoms with Crippen molar-refractivity contribution in [3.05, 3.63) is 66.1 Å². The van der Waals surface area contributed by atoms with Crippen LogP contribution in [-0.4, -0.2) is 27.0 Å². The van der Waals surface area contributed by atoms with E-state index in [4.69, 9.17) is 25.7 Å². The summed E-state index contributed by atoms with van der Waals surface area (Å²) in [6.07, 6.45) is 1.43. The molecule has 5 rings (SSSR count). The van der Waals surface area contributed by atoms with Gasteiger partial charge in [-0.3, -0.25) is 4.79 Å². The molecule has 0 bridgehead atoms. The van der Waals surface area contributed by atoms with E-state index in [1.54, 1.807) is 24.3 Å². The van der Waals surface area contributed by atoms with Gasteiger partial charge in [-0.25, -0.2) is 9.97 Å². The molecule has 9 heteroatoms. The molecule has 9 nitrogen and oxygen atoms in total. The van der Waals surface area contributed by atoms with Gasteiger partial charge in [0, 0.05) is 11.3 Å². The van der Waals surface area contributed by atoms with Gasteiger partial charge in [-0.1, -0.05) is 0 Å². The maximum absolute atomic E-state index is 10.8. The number of benzene rings is 2. The Morgan fingerprint density at radius 2 is 1.75 bits per heavy atom. The molecule has 4 aromatic rings. The van der Waals surface area contributed by atoms with Gasteiger partial charge in [-0.05, 0) is 55.5 Å². The third kappa shape index (κ3) is 3.48. The topological polar surface area (TPSA) is 128 Å². The molecular weight excluding hydrogens is 410 g/mol. The van der Waals surface area contributed by atoms with Crippen LogP contribution >= 0.6 is 0 Å². The minimum absolute atomic E-state index is 0.0550. The Labute approximate surface area is 183 Å². The number of primary amides is 1. The van der Waals surface area contributed by atoms with Crippen LogP contribution in [0, 0.1) is 0 Å². The number of hydrogen-bond acceptors (Lipinski definition) is 7. The Hall–Kier alpha value is -4.11. The lowest BCUT2D eigenvalue weighted by atomic mass is 10.1. The first-order valence-corrected chi connectivity index (χ1v) is 10.1. The van der Waals surface area contributed by atoms with Crippen molar-refractivity contribution >= 4 is 22.8 Å². The molecule has 2 aromatic carbocycles. The third-order valence-corrected chi connectivity index (χ3v) is 5.32. The molecule has 1 aliphatic rings. The summed E-state index contributed by atoms with van der Waals surface area (Å²) in [5, 5.41) is 0. The largest absolute Gasteiger partial charge is 0.484 e. The number of amides is 1. The molecule has 1 atom stereocenters. The maximum atomic E-state index is 10.8. The number of anilines is 1. The van der Waals surface area contributed by atoms with Crippen LogP contribution < -0.4 is 20.9 Å². The van der Waals surface area contributed by atoms with Crippen molar-refractivity contribution in [3.8, 4) is 22.9 Å². The Morgan fingerprint density at radius 3 is 2.44 bits per heavy atom. The molecule has 0 spiro atoms. The highest BCUT2D eigenvalue weighted by molar-refractivity contribution is 5.91. The monoisotopic (exact) mass is 431 g/mol. The predicted molar refractivity (Wildman–Crippen MR) is 118 cm³/mol. The molecule has 1 aliphatic heterocycles. The molecule has 0 saturated carbocycles. The first kappa shape index (κ1) is 19.8. The summed E-state index contributed by atoms with van der Waals surface area (Å²) in [5.74, 6) is 1.74. The number of nitrogens with zero attached hydrogens (tertiary/aromatic N) is 3. The van der Waals surface area contributed by atoms with Gasteiger partial charge in [0.2, 0.25) is 0 Å². The smallest absolute Gasteiger partial charge is 0.255 e. The lowest BCUT2D eigenvalue weighted by Gasteiger charge is -2.12. The zero-order valence-corrected chi connectivity index (χ0v) is 17.3. The molecule has 1 unspecified atom stereocenters. The van der Waals surface area contributed by atoms with Crippen molar-refractivity contribution in [1.82, 2.24) is 14.5 Å². The van der Waals surface area contributed by atoms with Gasteiger partial charge in [-0.2, -0.15) is 0 Å². The van der Waals surface area contributed by atoms with E-state index >= 15 is 0 Å². The predicted octanol–water partition coefficient (Wildman–Crippen LogP) is 3.25. The highest BCUT2D eigenvalue weighted by Crippen LogP contribution is 2.40. The zero-order valence-electron chi connectivity index (χ0n) is 17.3. The number of ether oxygens (including phenoxy) is 3. The summed E-state index contributed by atoms with van der Waals surface area (Å²) in [7, 11) is 0. The standard InChI is InChI=1S/C23H21N5O4/c1-13-20-18(10-30-13)28(22-21(20)26-12-27-23(22)25)14-2-4-16(5-3-14)32-17-8-6-15(7-9-17)31-11-19(24)29/h2-9,12-13H,10-11H2,1H3,(H2,24,29)(H2,25,26,27). The number of fused-ring (bicyclic) bond motifs is 3. The molecule has 1 amide bonds. The van der Waals surface area contributed by atoms with E-state index < -0.39 is 5.91 Å². The van der Waals surface area contributed by atoms with Gasteiger partial charge in [0.1, 0.15) is 34.6 Å². The van der Waals surface area contributed by atoms with Crippen LogP contribution in [-0.2, 0) is 16.1 Å². The normalized spacial score (nSPS) is 15.0. The summed E-state index contributed by atoms with van der Waals surface area (Å²) in [5.41, 5.74) is 15.9. The van der Waals surface area contributed by atoms with Gasteiger partial charge in [-0.15, -0.1) is 0 Å². The zero-order chi connectivity index (χ0) is 22.2. The van der Waals surface area contributed by atoms with Gasteiger partial charge >= 0.3 is 0 Å². The minimum atomic E-state index is -0.527. The second-order valence-electron chi connectivity index (χ2n) is 7.43. The number of hydrogen-bond donors (Lipinski definition) is 2. The Kier molecular flexibility index (Phi) is 4.87. The lowest BCUT2D eigenvalue weighted by molar-refractivity contribution is -0.119. The number of carbonyl (C=O) groups is 1. The molecule has 2 aromatic heterocycles. The van der Waals surface area contributed by atoms with Gasteiger partial charge in [0.25, 0.3) is 5.91 Å². The highest BCUT2D eigenvalue weighted by atomic mass is 16.5. The van der Waals surface area contributed by atoms with Crippen LogP contribution in [0.25, 0.3) is 16.7 Å². The molecule has 4 N–H and O–H groups in total. The van der Waals surface area contributed by atoms with Crippen molar-refractivity contribution in [2.75, 3.05) is 12.3 Å².